The zero-order valence-electron chi connectivity index (χ0n) is 10.3. The first kappa shape index (κ1) is 14.3. The van der Waals surface area contributed by atoms with Crippen LogP contribution in [-0.4, -0.2) is 11.7 Å². The largest absolute Gasteiger partial charge is 0.362 e. The molecule has 0 radical (unpaired) electrons. The molecule has 0 unspecified atom stereocenters. The molecule has 0 fully saturated rings. The van der Waals surface area contributed by atoms with Crippen LogP contribution in [0.5, 0.6) is 0 Å². The number of thiocarbonyl (C=S) groups is 1. The van der Waals surface area contributed by atoms with Crippen LogP contribution in [0.2, 0.25) is 5.02 Å². The topological polar surface area (TPSA) is 24.1 Å². The van der Waals surface area contributed by atoms with Crippen molar-refractivity contribution in [3.63, 3.8) is 0 Å². The molecule has 0 spiro atoms. The molecule has 0 atom stereocenters. The van der Waals surface area contributed by atoms with E-state index in [1.54, 1.807) is 0 Å². The van der Waals surface area contributed by atoms with Crippen LogP contribution in [-0.2, 0) is 0 Å². The minimum absolute atomic E-state index is 0.659. The van der Waals surface area contributed by atoms with Crippen molar-refractivity contribution in [2.45, 2.75) is 33.1 Å². The van der Waals surface area contributed by atoms with Crippen molar-refractivity contribution in [3.8, 4) is 0 Å². The third-order valence-corrected chi connectivity index (χ3v) is 3.24. The molecule has 1 aromatic rings. The van der Waals surface area contributed by atoms with Gasteiger partial charge >= 0.3 is 0 Å². The van der Waals surface area contributed by atoms with E-state index in [1.165, 1.54) is 12.8 Å². The summed E-state index contributed by atoms with van der Waals surface area (Å²) in [5.41, 5.74) is 1.98. The molecule has 0 saturated heterocycles. The predicted molar refractivity (Wildman–Crippen MR) is 79.9 cm³/mol. The van der Waals surface area contributed by atoms with E-state index >= 15 is 0 Å². The van der Waals surface area contributed by atoms with E-state index in [0.29, 0.717) is 5.11 Å². The van der Waals surface area contributed by atoms with Crippen molar-refractivity contribution in [1.29, 1.82) is 0 Å². The average Bonchev–Trinajstić information content (AvgIpc) is 2.31. The highest BCUT2D eigenvalue weighted by molar-refractivity contribution is 7.80. The summed E-state index contributed by atoms with van der Waals surface area (Å²) in [5, 5.41) is 7.77. The maximum absolute atomic E-state index is 6.04. The molecule has 0 aliphatic rings. The number of nitrogens with one attached hydrogen (secondary N) is 2. The van der Waals surface area contributed by atoms with Crippen molar-refractivity contribution in [2.75, 3.05) is 11.9 Å². The van der Waals surface area contributed by atoms with E-state index in [2.05, 4.69) is 17.6 Å². The molecular weight excluding hydrogens is 252 g/mol. The van der Waals surface area contributed by atoms with Crippen molar-refractivity contribution < 1.29 is 0 Å². The van der Waals surface area contributed by atoms with Gasteiger partial charge in [-0.15, -0.1) is 0 Å². The minimum atomic E-state index is 0.659. The van der Waals surface area contributed by atoms with Crippen molar-refractivity contribution in [1.82, 2.24) is 5.32 Å². The summed E-state index contributed by atoms with van der Waals surface area (Å²) in [5.74, 6) is 0. The first-order valence-electron chi connectivity index (χ1n) is 5.95. The number of hydrogen-bond acceptors (Lipinski definition) is 1. The second-order valence-electron chi connectivity index (χ2n) is 4.00. The van der Waals surface area contributed by atoms with Crippen LogP contribution in [0, 0.1) is 6.92 Å². The maximum Gasteiger partial charge on any atom is 0.170 e. The number of benzene rings is 1. The van der Waals surface area contributed by atoms with E-state index in [4.69, 9.17) is 23.8 Å². The van der Waals surface area contributed by atoms with Gasteiger partial charge in [0.15, 0.2) is 5.11 Å². The van der Waals surface area contributed by atoms with E-state index in [-0.39, 0.29) is 0 Å². The summed E-state index contributed by atoms with van der Waals surface area (Å²) in [4.78, 5) is 0. The van der Waals surface area contributed by atoms with Gasteiger partial charge in [0.2, 0.25) is 0 Å². The van der Waals surface area contributed by atoms with E-state index in [0.717, 1.165) is 29.2 Å². The molecule has 0 aromatic heterocycles. The summed E-state index contributed by atoms with van der Waals surface area (Å²) in [6.45, 7) is 5.08. The Hall–Kier alpha value is -0.800. The Labute approximate surface area is 114 Å². The van der Waals surface area contributed by atoms with Gasteiger partial charge in [0, 0.05) is 17.3 Å². The summed E-state index contributed by atoms with van der Waals surface area (Å²) in [6, 6.07) is 5.76. The highest BCUT2D eigenvalue weighted by Gasteiger charge is 2.03. The highest BCUT2D eigenvalue weighted by Crippen LogP contribution is 2.22. The first-order valence-corrected chi connectivity index (χ1v) is 6.73. The lowest BCUT2D eigenvalue weighted by molar-refractivity contribution is 0.698. The molecule has 0 bridgehead atoms. The summed E-state index contributed by atoms with van der Waals surface area (Å²) < 4.78 is 0. The van der Waals surface area contributed by atoms with Gasteiger partial charge in [-0.3, -0.25) is 0 Å². The number of halogens is 1. The van der Waals surface area contributed by atoms with Gasteiger partial charge in [0.05, 0.1) is 0 Å². The Balaban J connectivity index is 2.43. The average molecular weight is 271 g/mol. The Morgan fingerprint density at radius 1 is 1.35 bits per heavy atom. The smallest absolute Gasteiger partial charge is 0.170 e. The molecule has 0 saturated carbocycles. The molecule has 0 heterocycles. The van der Waals surface area contributed by atoms with Crippen molar-refractivity contribution >= 4 is 34.6 Å². The monoisotopic (exact) mass is 270 g/mol. The van der Waals surface area contributed by atoms with Crippen LogP contribution >= 0.6 is 23.8 Å². The molecule has 1 rings (SSSR count). The van der Waals surface area contributed by atoms with Crippen LogP contribution in [0.15, 0.2) is 18.2 Å². The Morgan fingerprint density at radius 3 is 2.82 bits per heavy atom. The van der Waals surface area contributed by atoms with Crippen molar-refractivity contribution in [3.05, 3.63) is 28.8 Å². The molecule has 17 heavy (non-hydrogen) atoms. The Bertz CT molecular complexity index is 380. The molecule has 94 valence electrons. The molecular formula is C13H19ClN2S. The van der Waals surface area contributed by atoms with Crippen LogP contribution in [0.25, 0.3) is 0 Å². The number of unbranched alkanes of at least 4 members (excludes halogenated alkanes) is 2. The SMILES string of the molecule is CCCCCNC(=S)Nc1cccc(Cl)c1C. The van der Waals surface area contributed by atoms with Gasteiger partial charge < -0.3 is 10.6 Å². The van der Waals surface area contributed by atoms with Crippen LogP contribution < -0.4 is 10.6 Å². The molecule has 1 aromatic carbocycles. The summed E-state index contributed by atoms with van der Waals surface area (Å²) in [7, 11) is 0. The number of rotatable bonds is 5. The predicted octanol–water partition coefficient (Wildman–Crippen LogP) is 4.13. The summed E-state index contributed by atoms with van der Waals surface area (Å²) in [6.07, 6.45) is 3.59. The highest BCUT2D eigenvalue weighted by atomic mass is 35.5. The van der Waals surface area contributed by atoms with E-state index in [9.17, 15) is 0 Å². The molecule has 2 N–H and O–H groups in total. The van der Waals surface area contributed by atoms with E-state index in [1.807, 2.05) is 25.1 Å². The second kappa shape index (κ2) is 7.51. The molecule has 2 nitrogen and oxygen atoms in total. The lowest BCUT2D eigenvalue weighted by Gasteiger charge is -2.12. The fourth-order valence-corrected chi connectivity index (χ4v) is 1.87. The Kier molecular flexibility index (Phi) is 6.30. The lowest BCUT2D eigenvalue weighted by atomic mass is 10.2. The first-order chi connectivity index (χ1) is 8.15. The maximum atomic E-state index is 6.04. The molecule has 0 amide bonds. The second-order valence-corrected chi connectivity index (χ2v) is 4.82. The third-order valence-electron chi connectivity index (χ3n) is 2.58. The third kappa shape index (κ3) is 4.92. The number of hydrogen-bond donors (Lipinski definition) is 2. The lowest BCUT2D eigenvalue weighted by Crippen LogP contribution is -2.29. The normalized spacial score (nSPS) is 10.1. The van der Waals surface area contributed by atoms with Crippen LogP contribution in [0.1, 0.15) is 31.7 Å². The minimum Gasteiger partial charge on any atom is -0.362 e. The zero-order valence-corrected chi connectivity index (χ0v) is 11.9. The van der Waals surface area contributed by atoms with Gasteiger partial charge in [-0.05, 0) is 43.3 Å². The summed E-state index contributed by atoms with van der Waals surface area (Å²) >= 11 is 11.3. The van der Waals surface area contributed by atoms with Gasteiger partial charge in [0.25, 0.3) is 0 Å². The quantitative estimate of drug-likeness (QED) is 0.622. The van der Waals surface area contributed by atoms with Crippen molar-refractivity contribution in [2.24, 2.45) is 0 Å². The Morgan fingerprint density at radius 2 is 2.12 bits per heavy atom. The van der Waals surface area contributed by atoms with Gasteiger partial charge in [0.1, 0.15) is 0 Å². The van der Waals surface area contributed by atoms with Crippen LogP contribution in [0.3, 0.4) is 0 Å². The van der Waals surface area contributed by atoms with Gasteiger partial charge in [-0.1, -0.05) is 37.4 Å². The fraction of sp³-hybridized carbons (Fsp3) is 0.462. The molecule has 0 aliphatic heterocycles. The number of anilines is 1. The van der Waals surface area contributed by atoms with Gasteiger partial charge in [-0.25, -0.2) is 0 Å². The van der Waals surface area contributed by atoms with E-state index < -0.39 is 0 Å². The molecule has 4 heteroatoms. The standard InChI is InChI=1S/C13H19ClN2S/c1-3-4-5-9-15-13(17)16-12-8-6-7-11(14)10(12)2/h6-8H,3-5,9H2,1-2H3,(H2,15,16,17). The fourth-order valence-electron chi connectivity index (χ4n) is 1.49. The van der Waals surface area contributed by atoms with Gasteiger partial charge in [-0.2, -0.15) is 0 Å². The molecule has 0 aliphatic carbocycles. The zero-order chi connectivity index (χ0) is 12.7. The van der Waals surface area contributed by atoms with Crippen LogP contribution in [0.4, 0.5) is 5.69 Å².